The first-order chi connectivity index (χ1) is 24.5. The van der Waals surface area contributed by atoms with Gasteiger partial charge < -0.3 is 24.4 Å². The summed E-state index contributed by atoms with van der Waals surface area (Å²) < 4.78 is 49.2. The van der Waals surface area contributed by atoms with E-state index in [2.05, 4.69) is 15.2 Å². The highest BCUT2D eigenvalue weighted by Crippen LogP contribution is 2.36. The van der Waals surface area contributed by atoms with Crippen molar-refractivity contribution in [2.75, 3.05) is 37.6 Å². The van der Waals surface area contributed by atoms with Gasteiger partial charge in [0.15, 0.2) is 0 Å². The van der Waals surface area contributed by atoms with Gasteiger partial charge >= 0.3 is 6.09 Å². The Balaban J connectivity index is 1.06. The van der Waals surface area contributed by atoms with Gasteiger partial charge in [0.2, 0.25) is 11.8 Å². The van der Waals surface area contributed by atoms with E-state index in [0.29, 0.717) is 100 Å². The number of halogens is 2. The third-order valence-electron chi connectivity index (χ3n) is 9.36. The fourth-order valence-corrected chi connectivity index (χ4v) is 6.68. The normalized spacial score (nSPS) is 19.7. The molecule has 10 heteroatoms. The summed E-state index contributed by atoms with van der Waals surface area (Å²) >= 11 is 0. The Morgan fingerprint density at radius 1 is 0.863 bits per heavy atom. The van der Waals surface area contributed by atoms with Crippen LogP contribution in [0.25, 0.3) is 11.1 Å². The Hall–Kier alpha value is -4.70. The number of anilines is 1. The molecule has 1 saturated carbocycles. The number of carbonyl (C=O) groups excluding carboxylic acids is 1. The van der Waals surface area contributed by atoms with Crippen molar-refractivity contribution in [3.63, 3.8) is 0 Å². The zero-order chi connectivity index (χ0) is 35.8. The zero-order valence-corrected chi connectivity index (χ0v) is 29.7. The highest BCUT2D eigenvalue weighted by molar-refractivity contribution is 5.71. The quantitative estimate of drug-likeness (QED) is 0.169. The second-order valence-corrected chi connectivity index (χ2v) is 14.6. The zero-order valence-electron chi connectivity index (χ0n) is 29.7. The minimum absolute atomic E-state index is 0.0836. The van der Waals surface area contributed by atoms with Crippen molar-refractivity contribution < 1.29 is 27.8 Å². The minimum Gasteiger partial charge on any atom is -0.473 e. The van der Waals surface area contributed by atoms with Crippen LogP contribution >= 0.6 is 0 Å². The van der Waals surface area contributed by atoms with Gasteiger partial charge in [0.25, 0.3) is 0 Å². The van der Waals surface area contributed by atoms with E-state index in [1.807, 2.05) is 98.5 Å². The van der Waals surface area contributed by atoms with Gasteiger partial charge in [-0.15, -0.1) is 0 Å². The molecule has 3 aromatic carbocycles. The number of nitrogens with zero attached hydrogens (tertiary/aromatic N) is 3. The van der Waals surface area contributed by atoms with Crippen LogP contribution in [0.15, 0.2) is 91.0 Å². The molecule has 0 bridgehead atoms. The molecular weight excluding hydrogens is 650 g/mol. The topological polar surface area (TPSA) is 76.2 Å². The first kappa shape index (κ1) is 36.1. The Kier molecular flexibility index (Phi) is 11.4. The van der Waals surface area contributed by atoms with E-state index in [4.69, 9.17) is 14.2 Å². The fourth-order valence-electron chi connectivity index (χ4n) is 6.68. The highest BCUT2D eigenvalue weighted by atomic mass is 19.1. The number of nitrogens with one attached hydrogen (secondary N) is 1. The van der Waals surface area contributed by atoms with Crippen LogP contribution in [0.4, 0.5) is 19.3 Å². The molecular formula is C41H48F2N4O4. The smallest absolute Gasteiger partial charge is 0.407 e. The minimum atomic E-state index is -1.31. The van der Waals surface area contributed by atoms with E-state index in [1.165, 1.54) is 6.07 Å². The van der Waals surface area contributed by atoms with Crippen molar-refractivity contribution in [2.45, 2.75) is 77.0 Å². The first-order valence-corrected chi connectivity index (χ1v) is 17.8. The summed E-state index contributed by atoms with van der Waals surface area (Å²) in [5.74, 6) is 0.443. The number of ether oxygens (including phenoxy) is 3. The number of hydrogen-bond acceptors (Lipinski definition) is 7. The molecule has 1 saturated heterocycles. The van der Waals surface area contributed by atoms with Crippen LogP contribution in [0.1, 0.15) is 57.6 Å². The van der Waals surface area contributed by atoms with Gasteiger partial charge in [-0.1, -0.05) is 66.7 Å². The Labute approximate surface area is 299 Å². The van der Waals surface area contributed by atoms with Gasteiger partial charge in [0.1, 0.15) is 30.3 Å². The van der Waals surface area contributed by atoms with E-state index in [9.17, 15) is 4.79 Å². The summed E-state index contributed by atoms with van der Waals surface area (Å²) in [5, 5.41) is 2.89. The van der Waals surface area contributed by atoms with E-state index >= 15 is 8.78 Å². The van der Waals surface area contributed by atoms with E-state index in [1.54, 1.807) is 12.1 Å². The Morgan fingerprint density at radius 2 is 1.49 bits per heavy atom. The second-order valence-electron chi connectivity index (χ2n) is 14.6. The lowest BCUT2D eigenvalue weighted by atomic mass is 9.83. The molecule has 0 unspecified atom stereocenters. The summed E-state index contributed by atoms with van der Waals surface area (Å²) in [6, 6.07) is 28.4. The predicted octanol–water partition coefficient (Wildman–Crippen LogP) is 8.34. The summed E-state index contributed by atoms with van der Waals surface area (Å²) in [6.45, 7) is 8.94. The molecule has 2 heterocycles. The summed E-state index contributed by atoms with van der Waals surface area (Å²) in [4.78, 5) is 21.0. The average molecular weight is 699 g/mol. The molecule has 4 aromatic rings. The third-order valence-corrected chi connectivity index (χ3v) is 9.36. The van der Waals surface area contributed by atoms with Crippen molar-refractivity contribution >= 4 is 11.8 Å². The van der Waals surface area contributed by atoms with Crippen molar-refractivity contribution in [1.29, 1.82) is 0 Å². The number of hydrogen-bond donors (Lipinski definition) is 1. The number of alkyl halides is 1. The standard InChI is InChI=1S/C41H48F2N4O4/c1-40(2,3)51-39(48)44-33-18-20-41(43,21-19-33)29-46-22-24-47(25-23-46)36-16-14-32(26-35(36)42)34-15-17-37(49-27-30-10-6-4-7-11-30)45-38(34)50-28-31-12-8-5-9-13-31/h4-17,26,33H,18-25,27-29H2,1-3H3,(H,44,48). The summed E-state index contributed by atoms with van der Waals surface area (Å²) in [5.41, 5.74) is 1.97. The van der Waals surface area contributed by atoms with Crippen molar-refractivity contribution in [3.05, 3.63) is 108 Å². The van der Waals surface area contributed by atoms with Gasteiger partial charge in [-0.25, -0.2) is 13.6 Å². The molecule has 1 aliphatic heterocycles. The summed E-state index contributed by atoms with van der Waals surface area (Å²) in [7, 11) is 0. The number of pyridine rings is 1. The number of benzene rings is 3. The van der Waals surface area contributed by atoms with E-state index < -0.39 is 17.4 Å². The average Bonchev–Trinajstić information content (AvgIpc) is 3.11. The van der Waals surface area contributed by atoms with Crippen LogP contribution in [0.3, 0.4) is 0 Å². The van der Waals surface area contributed by atoms with Crippen LogP contribution < -0.4 is 19.7 Å². The molecule has 1 aliphatic carbocycles. The molecule has 0 spiro atoms. The maximum absolute atomic E-state index is 15.9. The number of piperazine rings is 1. The molecule has 1 N–H and O–H groups in total. The van der Waals surface area contributed by atoms with Crippen molar-refractivity contribution in [1.82, 2.24) is 15.2 Å². The monoisotopic (exact) mass is 698 g/mol. The largest absolute Gasteiger partial charge is 0.473 e. The third kappa shape index (κ3) is 10.2. The molecule has 51 heavy (non-hydrogen) atoms. The lowest BCUT2D eigenvalue weighted by Crippen LogP contribution is -2.53. The molecule has 2 fully saturated rings. The highest BCUT2D eigenvalue weighted by Gasteiger charge is 2.38. The molecule has 8 nitrogen and oxygen atoms in total. The van der Waals surface area contributed by atoms with Gasteiger partial charge in [-0.3, -0.25) is 4.90 Å². The van der Waals surface area contributed by atoms with Gasteiger partial charge in [0.05, 0.1) is 5.69 Å². The lowest BCUT2D eigenvalue weighted by Gasteiger charge is -2.41. The van der Waals surface area contributed by atoms with Crippen molar-refractivity contribution in [3.8, 4) is 22.9 Å². The van der Waals surface area contributed by atoms with E-state index in [0.717, 1.165) is 11.1 Å². The molecule has 1 aromatic heterocycles. The molecule has 270 valence electrons. The van der Waals surface area contributed by atoms with Crippen LogP contribution in [0.2, 0.25) is 0 Å². The SMILES string of the molecule is CC(C)(C)OC(=O)NC1CCC(F)(CN2CCN(c3ccc(-c4ccc(OCc5ccccc5)nc4OCc4ccccc4)cc3F)CC2)CC1. The van der Waals surface area contributed by atoms with E-state index in [-0.39, 0.29) is 11.9 Å². The second kappa shape index (κ2) is 16.1. The predicted molar refractivity (Wildman–Crippen MR) is 195 cm³/mol. The number of amides is 1. The van der Waals surface area contributed by atoms with Gasteiger partial charge in [-0.05, 0) is 81.3 Å². The molecule has 1 amide bonds. The van der Waals surface area contributed by atoms with Gasteiger partial charge in [-0.2, -0.15) is 4.98 Å². The molecule has 2 aliphatic rings. The number of aromatic nitrogens is 1. The number of carbonyl (C=O) groups is 1. The maximum Gasteiger partial charge on any atom is 0.407 e. The fraction of sp³-hybridized carbons (Fsp3) is 0.415. The number of rotatable bonds is 11. The first-order valence-electron chi connectivity index (χ1n) is 17.8. The number of alkyl carbamates (subject to hydrolysis) is 1. The van der Waals surface area contributed by atoms with Crippen LogP contribution in [0.5, 0.6) is 11.8 Å². The van der Waals surface area contributed by atoms with Crippen LogP contribution in [0, 0.1) is 5.82 Å². The van der Waals surface area contributed by atoms with Crippen LogP contribution in [-0.2, 0) is 18.0 Å². The molecule has 0 radical (unpaired) electrons. The lowest BCUT2D eigenvalue weighted by molar-refractivity contribution is 0.0317. The molecule has 0 atom stereocenters. The van der Waals surface area contributed by atoms with Crippen LogP contribution in [-0.4, -0.2) is 66.0 Å². The van der Waals surface area contributed by atoms with Gasteiger partial charge in [0, 0.05) is 50.4 Å². The Bertz CT molecular complexity index is 1740. The summed E-state index contributed by atoms with van der Waals surface area (Å²) in [6.07, 6.45) is 1.47. The maximum atomic E-state index is 15.9. The van der Waals surface area contributed by atoms with Crippen molar-refractivity contribution in [2.24, 2.45) is 0 Å². The Morgan fingerprint density at radius 3 is 2.10 bits per heavy atom. The molecule has 6 rings (SSSR count).